The molecule has 0 aliphatic heterocycles. The standard InChI is InChI=1S/C18H25ClN2O3/c19-15-9-7-14(8-10-15)18(23)21-13-17(22)20-11-4-12-24-16-5-2-1-3-6-16/h7-10,16H,1-6,11-13H2,(H,20,22)(H,21,23). The normalized spacial score (nSPS) is 15.0. The summed E-state index contributed by atoms with van der Waals surface area (Å²) < 4.78 is 5.80. The molecule has 0 radical (unpaired) electrons. The van der Waals surface area contributed by atoms with Gasteiger partial charge in [-0.15, -0.1) is 0 Å². The van der Waals surface area contributed by atoms with Gasteiger partial charge in [0.2, 0.25) is 5.91 Å². The molecule has 2 N–H and O–H groups in total. The number of amides is 2. The zero-order chi connectivity index (χ0) is 17.2. The number of hydrogen-bond donors (Lipinski definition) is 2. The lowest BCUT2D eigenvalue weighted by Crippen LogP contribution is -2.37. The van der Waals surface area contributed by atoms with E-state index in [4.69, 9.17) is 16.3 Å². The number of halogens is 1. The largest absolute Gasteiger partial charge is 0.378 e. The van der Waals surface area contributed by atoms with Gasteiger partial charge in [-0.05, 0) is 43.5 Å². The maximum Gasteiger partial charge on any atom is 0.251 e. The second kappa shape index (κ2) is 10.3. The topological polar surface area (TPSA) is 67.4 Å². The molecule has 0 aromatic heterocycles. The molecule has 1 aliphatic rings. The van der Waals surface area contributed by atoms with Gasteiger partial charge in [0, 0.05) is 23.7 Å². The summed E-state index contributed by atoms with van der Waals surface area (Å²) in [7, 11) is 0. The van der Waals surface area contributed by atoms with E-state index in [2.05, 4.69) is 10.6 Å². The van der Waals surface area contributed by atoms with Gasteiger partial charge >= 0.3 is 0 Å². The average Bonchev–Trinajstić information content (AvgIpc) is 2.61. The summed E-state index contributed by atoms with van der Waals surface area (Å²) in [6.45, 7) is 1.19. The molecule has 1 fully saturated rings. The van der Waals surface area contributed by atoms with Crippen molar-refractivity contribution < 1.29 is 14.3 Å². The highest BCUT2D eigenvalue weighted by Gasteiger charge is 2.13. The predicted molar refractivity (Wildman–Crippen MR) is 94.2 cm³/mol. The van der Waals surface area contributed by atoms with Crippen LogP contribution in [0.25, 0.3) is 0 Å². The third kappa shape index (κ3) is 6.89. The van der Waals surface area contributed by atoms with E-state index in [0.29, 0.717) is 29.8 Å². The van der Waals surface area contributed by atoms with Crippen molar-refractivity contribution in [2.75, 3.05) is 19.7 Å². The first-order valence-corrected chi connectivity index (χ1v) is 8.95. The molecular weight excluding hydrogens is 328 g/mol. The summed E-state index contributed by atoms with van der Waals surface area (Å²) in [5.41, 5.74) is 0.480. The predicted octanol–water partition coefficient (Wildman–Crippen LogP) is 2.93. The molecule has 0 atom stereocenters. The molecule has 1 aliphatic carbocycles. The van der Waals surface area contributed by atoms with Crippen LogP contribution >= 0.6 is 11.6 Å². The van der Waals surface area contributed by atoms with Gasteiger partial charge in [0.15, 0.2) is 0 Å². The third-order valence-electron chi connectivity index (χ3n) is 4.06. The molecular formula is C18H25ClN2O3. The molecule has 0 unspecified atom stereocenters. The van der Waals surface area contributed by atoms with Crippen molar-refractivity contribution in [3.63, 3.8) is 0 Å². The fourth-order valence-electron chi connectivity index (χ4n) is 2.71. The molecule has 2 rings (SSSR count). The average molecular weight is 353 g/mol. The first kappa shape index (κ1) is 18.7. The summed E-state index contributed by atoms with van der Waals surface area (Å²) in [4.78, 5) is 23.6. The van der Waals surface area contributed by atoms with E-state index in [1.54, 1.807) is 24.3 Å². The SMILES string of the molecule is O=C(CNC(=O)c1ccc(Cl)cc1)NCCCOC1CCCCC1. The Labute approximate surface area is 148 Å². The molecule has 1 saturated carbocycles. The zero-order valence-corrected chi connectivity index (χ0v) is 14.6. The Morgan fingerprint density at radius 3 is 2.50 bits per heavy atom. The number of benzene rings is 1. The number of hydrogen-bond acceptors (Lipinski definition) is 3. The van der Waals surface area contributed by atoms with Gasteiger partial charge in [-0.2, -0.15) is 0 Å². The summed E-state index contributed by atoms with van der Waals surface area (Å²) >= 11 is 5.77. The van der Waals surface area contributed by atoms with Gasteiger partial charge in [0.1, 0.15) is 0 Å². The van der Waals surface area contributed by atoms with Gasteiger partial charge < -0.3 is 15.4 Å². The fraction of sp³-hybridized carbons (Fsp3) is 0.556. The minimum atomic E-state index is -0.289. The fourth-order valence-corrected chi connectivity index (χ4v) is 2.83. The van der Waals surface area contributed by atoms with E-state index >= 15 is 0 Å². The highest BCUT2D eigenvalue weighted by molar-refractivity contribution is 6.30. The Balaban J connectivity index is 1.53. The summed E-state index contributed by atoms with van der Waals surface area (Å²) in [5, 5.41) is 5.94. The van der Waals surface area contributed by atoms with Crippen LogP contribution in [0.5, 0.6) is 0 Å². The molecule has 0 saturated heterocycles. The van der Waals surface area contributed by atoms with Gasteiger partial charge in [0.25, 0.3) is 5.91 Å². The van der Waals surface area contributed by atoms with E-state index in [1.807, 2.05) is 0 Å². The highest BCUT2D eigenvalue weighted by atomic mass is 35.5. The van der Waals surface area contributed by atoms with Crippen LogP contribution in [0.3, 0.4) is 0 Å². The van der Waals surface area contributed by atoms with Gasteiger partial charge in [-0.25, -0.2) is 0 Å². The van der Waals surface area contributed by atoms with Crippen LogP contribution in [0.15, 0.2) is 24.3 Å². The molecule has 0 heterocycles. The van der Waals surface area contributed by atoms with Gasteiger partial charge in [0.05, 0.1) is 12.6 Å². The highest BCUT2D eigenvalue weighted by Crippen LogP contribution is 2.20. The monoisotopic (exact) mass is 352 g/mol. The second-order valence-electron chi connectivity index (χ2n) is 6.02. The summed E-state index contributed by atoms with van der Waals surface area (Å²) in [6.07, 6.45) is 7.33. The van der Waals surface area contributed by atoms with Crippen molar-refractivity contribution in [2.24, 2.45) is 0 Å². The van der Waals surface area contributed by atoms with Crippen molar-refractivity contribution in [2.45, 2.75) is 44.6 Å². The Kier molecular flexibility index (Phi) is 8.05. The molecule has 5 nitrogen and oxygen atoms in total. The molecule has 2 amide bonds. The van der Waals surface area contributed by atoms with Crippen LogP contribution in [0, 0.1) is 0 Å². The van der Waals surface area contributed by atoms with E-state index < -0.39 is 0 Å². The quantitative estimate of drug-likeness (QED) is 0.707. The van der Waals surface area contributed by atoms with E-state index in [-0.39, 0.29) is 18.4 Å². The van der Waals surface area contributed by atoms with Gasteiger partial charge in [-0.1, -0.05) is 30.9 Å². The number of carbonyl (C=O) groups is 2. The molecule has 0 spiro atoms. The Morgan fingerprint density at radius 1 is 1.08 bits per heavy atom. The molecule has 24 heavy (non-hydrogen) atoms. The first-order chi connectivity index (χ1) is 11.6. The molecule has 0 bridgehead atoms. The number of ether oxygens (including phenoxy) is 1. The number of rotatable bonds is 8. The maximum absolute atomic E-state index is 11.9. The van der Waals surface area contributed by atoms with Crippen molar-refractivity contribution in [1.29, 1.82) is 0 Å². The van der Waals surface area contributed by atoms with E-state index in [0.717, 1.165) is 19.3 Å². The lowest BCUT2D eigenvalue weighted by atomic mass is 9.98. The Hall–Kier alpha value is -1.59. The Morgan fingerprint density at radius 2 is 1.79 bits per heavy atom. The minimum absolute atomic E-state index is 0.0368. The lowest BCUT2D eigenvalue weighted by Gasteiger charge is -2.21. The molecule has 1 aromatic rings. The van der Waals surface area contributed by atoms with E-state index in [1.165, 1.54) is 19.3 Å². The lowest BCUT2D eigenvalue weighted by molar-refractivity contribution is -0.120. The van der Waals surface area contributed by atoms with Crippen LogP contribution in [-0.2, 0) is 9.53 Å². The molecule has 6 heteroatoms. The zero-order valence-electron chi connectivity index (χ0n) is 13.9. The molecule has 1 aromatic carbocycles. The van der Waals surface area contributed by atoms with E-state index in [9.17, 15) is 9.59 Å². The van der Waals surface area contributed by atoms with Crippen molar-refractivity contribution in [1.82, 2.24) is 10.6 Å². The summed E-state index contributed by atoms with van der Waals surface area (Å²) in [5.74, 6) is -0.488. The van der Waals surface area contributed by atoms with Crippen molar-refractivity contribution in [3.05, 3.63) is 34.9 Å². The van der Waals surface area contributed by atoms with Crippen LogP contribution in [0.4, 0.5) is 0 Å². The van der Waals surface area contributed by atoms with Gasteiger partial charge in [-0.3, -0.25) is 9.59 Å². The maximum atomic E-state index is 11.9. The third-order valence-corrected chi connectivity index (χ3v) is 4.32. The Bertz CT molecular complexity index is 528. The first-order valence-electron chi connectivity index (χ1n) is 8.57. The number of nitrogens with one attached hydrogen (secondary N) is 2. The smallest absolute Gasteiger partial charge is 0.251 e. The van der Waals surface area contributed by atoms with Crippen molar-refractivity contribution in [3.8, 4) is 0 Å². The minimum Gasteiger partial charge on any atom is -0.378 e. The number of carbonyl (C=O) groups excluding carboxylic acids is 2. The van der Waals surface area contributed by atoms with Crippen LogP contribution in [0.2, 0.25) is 5.02 Å². The van der Waals surface area contributed by atoms with Crippen LogP contribution in [-0.4, -0.2) is 37.6 Å². The van der Waals surface area contributed by atoms with Crippen LogP contribution in [0.1, 0.15) is 48.9 Å². The molecule has 132 valence electrons. The second-order valence-corrected chi connectivity index (χ2v) is 6.46. The van der Waals surface area contributed by atoms with Crippen LogP contribution < -0.4 is 10.6 Å². The van der Waals surface area contributed by atoms with Crippen molar-refractivity contribution >= 4 is 23.4 Å². The summed E-state index contributed by atoms with van der Waals surface area (Å²) in [6, 6.07) is 6.53.